The summed E-state index contributed by atoms with van der Waals surface area (Å²) in [5.41, 5.74) is 3.18. The third-order valence-electron chi connectivity index (χ3n) is 3.00. The van der Waals surface area contributed by atoms with Gasteiger partial charge in [-0.05, 0) is 19.0 Å². The molecule has 0 fully saturated rings. The summed E-state index contributed by atoms with van der Waals surface area (Å²) in [5.74, 6) is 5.10. The molecule has 19 heavy (non-hydrogen) atoms. The maximum absolute atomic E-state index is 12.0. The van der Waals surface area contributed by atoms with E-state index in [1.54, 1.807) is 0 Å². The van der Waals surface area contributed by atoms with Gasteiger partial charge in [0.15, 0.2) is 0 Å². The van der Waals surface area contributed by atoms with E-state index in [4.69, 9.17) is 10.6 Å². The number of carbonyl (C=O) groups is 1. The Morgan fingerprint density at radius 3 is 2.58 bits per heavy atom. The molecule has 0 radical (unpaired) electrons. The van der Waals surface area contributed by atoms with Gasteiger partial charge in [-0.2, -0.15) is 0 Å². The summed E-state index contributed by atoms with van der Waals surface area (Å²) in [7, 11) is 0. The average molecular weight is 265 g/mol. The van der Waals surface area contributed by atoms with Gasteiger partial charge >= 0.3 is 0 Å². The number of benzene rings is 1. The maximum Gasteiger partial charge on any atom is 0.255 e. The van der Waals surface area contributed by atoms with Crippen molar-refractivity contribution in [1.82, 2.24) is 10.3 Å². The number of hydrogen-bond donors (Lipinski definition) is 2. The van der Waals surface area contributed by atoms with E-state index >= 15 is 0 Å². The van der Waals surface area contributed by atoms with Crippen LogP contribution >= 0.6 is 0 Å². The zero-order chi connectivity index (χ0) is 14.1. The lowest BCUT2D eigenvalue weighted by Gasteiger charge is -2.29. The number of hydrazine groups is 1. The summed E-state index contributed by atoms with van der Waals surface area (Å²) < 4.78 is 5.36. The molecule has 5 heteroatoms. The molecule has 0 aliphatic rings. The fourth-order valence-corrected chi connectivity index (χ4v) is 2.04. The molecule has 0 aromatic heterocycles. The number of hydrogen-bond acceptors (Lipinski definition) is 4. The first-order valence-electron chi connectivity index (χ1n) is 6.61. The number of amides is 1. The minimum atomic E-state index is -0.378. The SMILES string of the molecule is CCOCCN(CC)C(C(=O)NN)c1ccccc1. The Morgan fingerprint density at radius 2 is 2.05 bits per heavy atom. The number of rotatable bonds is 8. The van der Waals surface area contributed by atoms with Crippen LogP contribution in [0, 0.1) is 0 Å². The van der Waals surface area contributed by atoms with E-state index in [2.05, 4.69) is 5.43 Å². The van der Waals surface area contributed by atoms with Crippen molar-refractivity contribution in [1.29, 1.82) is 0 Å². The van der Waals surface area contributed by atoms with Crippen LogP contribution in [-0.2, 0) is 9.53 Å². The second kappa shape index (κ2) is 8.63. The summed E-state index contributed by atoms with van der Waals surface area (Å²) in [5, 5.41) is 0. The molecule has 0 saturated heterocycles. The minimum Gasteiger partial charge on any atom is -0.380 e. The Bertz CT molecular complexity index is 370. The molecule has 0 spiro atoms. The molecule has 0 aliphatic carbocycles. The lowest BCUT2D eigenvalue weighted by atomic mass is 10.0. The maximum atomic E-state index is 12.0. The highest BCUT2D eigenvalue weighted by Gasteiger charge is 2.25. The molecule has 1 aromatic carbocycles. The van der Waals surface area contributed by atoms with Gasteiger partial charge in [0.25, 0.3) is 5.91 Å². The molecule has 1 aromatic rings. The molecule has 0 aliphatic heterocycles. The van der Waals surface area contributed by atoms with Crippen molar-refractivity contribution in [3.8, 4) is 0 Å². The van der Waals surface area contributed by atoms with Crippen LogP contribution < -0.4 is 11.3 Å². The monoisotopic (exact) mass is 265 g/mol. The van der Waals surface area contributed by atoms with Crippen molar-refractivity contribution in [2.45, 2.75) is 19.9 Å². The van der Waals surface area contributed by atoms with E-state index in [1.165, 1.54) is 0 Å². The lowest BCUT2D eigenvalue weighted by molar-refractivity contribution is -0.127. The van der Waals surface area contributed by atoms with Crippen LogP contribution in [0.2, 0.25) is 0 Å². The summed E-state index contributed by atoms with van der Waals surface area (Å²) in [6.45, 7) is 6.70. The second-order valence-electron chi connectivity index (χ2n) is 4.15. The number of nitrogens with one attached hydrogen (secondary N) is 1. The summed E-state index contributed by atoms with van der Waals surface area (Å²) in [6, 6.07) is 9.26. The van der Waals surface area contributed by atoms with Crippen LogP contribution in [0.3, 0.4) is 0 Å². The molecule has 1 rings (SSSR count). The van der Waals surface area contributed by atoms with E-state index in [0.29, 0.717) is 19.8 Å². The molecule has 0 bridgehead atoms. The van der Waals surface area contributed by atoms with Crippen LogP contribution in [-0.4, -0.2) is 37.1 Å². The Hall–Kier alpha value is -1.43. The van der Waals surface area contributed by atoms with Crippen molar-refractivity contribution in [3.05, 3.63) is 35.9 Å². The van der Waals surface area contributed by atoms with Crippen LogP contribution in [0.4, 0.5) is 0 Å². The number of nitrogens with two attached hydrogens (primary N) is 1. The zero-order valence-electron chi connectivity index (χ0n) is 11.6. The van der Waals surface area contributed by atoms with Crippen molar-refractivity contribution in [3.63, 3.8) is 0 Å². The fraction of sp³-hybridized carbons (Fsp3) is 0.500. The molecular formula is C14H23N3O2. The number of carbonyl (C=O) groups excluding carboxylic acids is 1. The van der Waals surface area contributed by atoms with Gasteiger partial charge in [0, 0.05) is 13.2 Å². The van der Waals surface area contributed by atoms with Crippen LogP contribution in [0.1, 0.15) is 25.5 Å². The van der Waals surface area contributed by atoms with E-state index < -0.39 is 0 Å². The van der Waals surface area contributed by atoms with E-state index in [1.807, 2.05) is 49.1 Å². The smallest absolute Gasteiger partial charge is 0.255 e. The van der Waals surface area contributed by atoms with Crippen molar-refractivity contribution >= 4 is 5.91 Å². The summed E-state index contributed by atoms with van der Waals surface area (Å²) in [6.07, 6.45) is 0. The standard InChI is InChI=1S/C14H23N3O2/c1-3-17(10-11-19-4-2)13(14(18)16-15)12-8-6-5-7-9-12/h5-9,13H,3-4,10-11,15H2,1-2H3,(H,16,18). The molecule has 1 atom stereocenters. The highest BCUT2D eigenvalue weighted by Crippen LogP contribution is 2.20. The van der Waals surface area contributed by atoms with Gasteiger partial charge < -0.3 is 4.74 Å². The van der Waals surface area contributed by atoms with E-state index in [0.717, 1.165) is 12.1 Å². The highest BCUT2D eigenvalue weighted by atomic mass is 16.5. The first kappa shape index (κ1) is 15.6. The Kier molecular flexibility index (Phi) is 7.10. The molecule has 1 amide bonds. The van der Waals surface area contributed by atoms with Gasteiger partial charge in [-0.1, -0.05) is 37.3 Å². The number of likely N-dealkylation sites (N-methyl/N-ethyl adjacent to an activating group) is 1. The predicted octanol–water partition coefficient (Wildman–Crippen LogP) is 1.08. The van der Waals surface area contributed by atoms with Gasteiger partial charge in [-0.3, -0.25) is 15.1 Å². The molecular weight excluding hydrogens is 242 g/mol. The van der Waals surface area contributed by atoms with Gasteiger partial charge in [0.1, 0.15) is 6.04 Å². The average Bonchev–Trinajstić information content (AvgIpc) is 2.47. The Morgan fingerprint density at radius 1 is 1.37 bits per heavy atom. The van der Waals surface area contributed by atoms with E-state index in [-0.39, 0.29) is 11.9 Å². The molecule has 106 valence electrons. The lowest BCUT2D eigenvalue weighted by Crippen LogP contribution is -2.44. The van der Waals surface area contributed by atoms with Gasteiger partial charge in [-0.25, -0.2) is 5.84 Å². The van der Waals surface area contributed by atoms with E-state index in [9.17, 15) is 4.79 Å². The second-order valence-corrected chi connectivity index (χ2v) is 4.15. The normalized spacial score (nSPS) is 12.4. The largest absolute Gasteiger partial charge is 0.380 e. The van der Waals surface area contributed by atoms with Gasteiger partial charge in [0.2, 0.25) is 0 Å². The summed E-state index contributed by atoms with van der Waals surface area (Å²) in [4.78, 5) is 14.1. The fourth-order valence-electron chi connectivity index (χ4n) is 2.04. The number of nitrogens with zero attached hydrogens (tertiary/aromatic N) is 1. The molecule has 5 nitrogen and oxygen atoms in total. The zero-order valence-corrected chi connectivity index (χ0v) is 11.6. The first-order valence-corrected chi connectivity index (χ1v) is 6.61. The molecule has 1 unspecified atom stereocenters. The minimum absolute atomic E-state index is 0.204. The van der Waals surface area contributed by atoms with Crippen LogP contribution in [0.15, 0.2) is 30.3 Å². The van der Waals surface area contributed by atoms with Crippen molar-refractivity contribution in [2.24, 2.45) is 5.84 Å². The third-order valence-corrected chi connectivity index (χ3v) is 3.00. The van der Waals surface area contributed by atoms with Crippen LogP contribution in [0.5, 0.6) is 0 Å². The van der Waals surface area contributed by atoms with Crippen molar-refractivity contribution < 1.29 is 9.53 Å². The molecule has 0 saturated carbocycles. The Labute approximate surface area is 114 Å². The predicted molar refractivity (Wildman–Crippen MR) is 75.3 cm³/mol. The first-order chi connectivity index (χ1) is 9.24. The third kappa shape index (κ3) is 4.63. The van der Waals surface area contributed by atoms with Crippen LogP contribution in [0.25, 0.3) is 0 Å². The van der Waals surface area contributed by atoms with Gasteiger partial charge in [0.05, 0.1) is 6.61 Å². The van der Waals surface area contributed by atoms with Crippen molar-refractivity contribution in [2.75, 3.05) is 26.3 Å². The molecule has 0 heterocycles. The topological polar surface area (TPSA) is 67.6 Å². The van der Waals surface area contributed by atoms with Gasteiger partial charge in [-0.15, -0.1) is 0 Å². The number of ether oxygens (including phenoxy) is 1. The summed E-state index contributed by atoms with van der Waals surface area (Å²) >= 11 is 0. The molecule has 3 N–H and O–H groups in total. The quantitative estimate of drug-likeness (QED) is 0.319. The Balaban J connectivity index is 2.85. The highest BCUT2D eigenvalue weighted by molar-refractivity contribution is 5.82.